The van der Waals surface area contributed by atoms with Crippen molar-refractivity contribution in [1.82, 2.24) is 5.32 Å². The number of amides is 1. The Bertz CT molecular complexity index is 641. The van der Waals surface area contributed by atoms with E-state index in [0.29, 0.717) is 11.3 Å². The number of carbonyl (C=O) groups excluding carboxylic acids is 2. The second-order valence-electron chi connectivity index (χ2n) is 4.96. The van der Waals surface area contributed by atoms with Gasteiger partial charge in [0.2, 0.25) is 0 Å². The number of aryl methyl sites for hydroxylation is 1. The van der Waals surface area contributed by atoms with Crippen molar-refractivity contribution in [2.24, 2.45) is 0 Å². The van der Waals surface area contributed by atoms with Crippen molar-refractivity contribution in [3.63, 3.8) is 0 Å². The molecule has 0 saturated carbocycles. The summed E-state index contributed by atoms with van der Waals surface area (Å²) in [6, 6.07) is 12.7. The summed E-state index contributed by atoms with van der Waals surface area (Å²) < 4.78 is 5.45. The van der Waals surface area contributed by atoms with Crippen LogP contribution >= 0.6 is 0 Å². The first kappa shape index (κ1) is 16.5. The van der Waals surface area contributed by atoms with E-state index in [1.807, 2.05) is 30.3 Å². The Morgan fingerprint density at radius 2 is 1.78 bits per heavy atom. The number of hydrogen-bond acceptors (Lipinski definition) is 4. The molecule has 0 radical (unpaired) electrons. The fraction of sp³-hybridized carbons (Fsp3) is 0.235. The first-order chi connectivity index (χ1) is 11.1. The van der Waals surface area contributed by atoms with Gasteiger partial charge >= 0.3 is 5.97 Å². The average molecular weight is 314 g/mol. The Morgan fingerprint density at radius 1 is 1.09 bits per heavy atom. The molecule has 23 heavy (non-hydrogen) atoms. The molecule has 1 aromatic carbocycles. The minimum atomic E-state index is -0.634. The molecule has 2 aromatic rings. The van der Waals surface area contributed by atoms with Crippen LogP contribution in [0.2, 0.25) is 0 Å². The van der Waals surface area contributed by atoms with E-state index in [9.17, 15) is 14.8 Å². The molecule has 0 spiro atoms. The number of benzene rings is 1. The van der Waals surface area contributed by atoms with Gasteiger partial charge in [0, 0.05) is 18.7 Å². The molecule has 0 fully saturated rings. The third kappa shape index (κ3) is 5.78. The second-order valence-corrected chi connectivity index (χ2v) is 4.96. The zero-order valence-electron chi connectivity index (χ0n) is 12.6. The van der Waals surface area contributed by atoms with Gasteiger partial charge in [0.1, 0.15) is 0 Å². The highest BCUT2D eigenvalue weighted by atomic mass is 16.5. The van der Waals surface area contributed by atoms with Gasteiger partial charge in [0.05, 0.1) is 5.56 Å². The highest BCUT2D eigenvalue weighted by Crippen LogP contribution is 2.01. The summed E-state index contributed by atoms with van der Waals surface area (Å²) >= 11 is 0. The van der Waals surface area contributed by atoms with E-state index < -0.39 is 5.97 Å². The van der Waals surface area contributed by atoms with Gasteiger partial charge in [-0.3, -0.25) is 4.79 Å². The highest BCUT2D eigenvalue weighted by molar-refractivity contribution is 5.91. The smallest absolute Gasteiger partial charge is 0.339 e. The molecule has 6 heteroatoms. The number of hydrogen-bond donors (Lipinski definition) is 1. The molecule has 120 valence electrons. The van der Waals surface area contributed by atoms with Crippen LogP contribution in [0.4, 0.5) is 0 Å². The van der Waals surface area contributed by atoms with Crippen molar-refractivity contribution in [1.29, 1.82) is 0 Å². The van der Waals surface area contributed by atoms with E-state index in [-0.39, 0.29) is 18.1 Å². The van der Waals surface area contributed by atoms with Gasteiger partial charge in [-0.15, -0.1) is 0 Å². The maximum Gasteiger partial charge on any atom is 0.339 e. The molecular formula is C17H18N2O4. The van der Waals surface area contributed by atoms with Crippen LogP contribution in [0.1, 0.15) is 22.3 Å². The molecule has 0 unspecified atom stereocenters. The number of carbonyl (C=O) groups is 2. The van der Waals surface area contributed by atoms with Crippen molar-refractivity contribution in [3.05, 3.63) is 71.2 Å². The number of pyridine rings is 1. The maximum atomic E-state index is 11.7. The Kier molecular flexibility index (Phi) is 6.11. The Balaban J connectivity index is 1.63. The standard InChI is InChI=1S/C17H18N2O4/c20-16(18-10-4-7-14-5-2-1-3-6-14)13-23-17(21)15-8-11-19(22)12-9-15/h1-3,5-6,8-9,11-12H,4,7,10,13H2,(H,18,20). The first-order valence-corrected chi connectivity index (χ1v) is 7.32. The molecule has 0 aliphatic heterocycles. The number of nitrogens with zero attached hydrogens (tertiary/aromatic N) is 1. The van der Waals surface area contributed by atoms with E-state index in [4.69, 9.17) is 4.74 Å². The monoisotopic (exact) mass is 314 g/mol. The predicted molar refractivity (Wildman–Crippen MR) is 83.5 cm³/mol. The summed E-state index contributed by atoms with van der Waals surface area (Å²) in [5.41, 5.74) is 1.45. The Hall–Kier alpha value is -2.89. The van der Waals surface area contributed by atoms with Crippen LogP contribution < -0.4 is 10.0 Å². The van der Waals surface area contributed by atoms with Gasteiger partial charge in [-0.25, -0.2) is 4.79 Å². The van der Waals surface area contributed by atoms with Gasteiger partial charge in [-0.1, -0.05) is 30.3 Å². The fourth-order valence-electron chi connectivity index (χ4n) is 1.98. The van der Waals surface area contributed by atoms with Gasteiger partial charge in [-0.05, 0) is 18.4 Å². The third-order valence-electron chi connectivity index (χ3n) is 3.18. The molecule has 1 aromatic heterocycles. The molecule has 0 aliphatic carbocycles. The quantitative estimate of drug-likeness (QED) is 0.361. The summed E-state index contributed by atoms with van der Waals surface area (Å²) in [7, 11) is 0. The number of esters is 1. The first-order valence-electron chi connectivity index (χ1n) is 7.32. The Labute approximate surface area is 134 Å². The van der Waals surface area contributed by atoms with Crippen molar-refractivity contribution in [2.45, 2.75) is 12.8 Å². The molecular weight excluding hydrogens is 296 g/mol. The molecule has 0 aliphatic rings. The zero-order chi connectivity index (χ0) is 16.5. The summed E-state index contributed by atoms with van der Waals surface area (Å²) in [6.07, 6.45) is 4.08. The third-order valence-corrected chi connectivity index (χ3v) is 3.18. The lowest BCUT2D eigenvalue weighted by molar-refractivity contribution is -0.605. The largest absolute Gasteiger partial charge is 0.619 e. The molecule has 1 heterocycles. The number of ether oxygens (including phenoxy) is 1. The molecule has 6 nitrogen and oxygen atoms in total. The van der Waals surface area contributed by atoms with Crippen molar-refractivity contribution >= 4 is 11.9 Å². The van der Waals surface area contributed by atoms with E-state index >= 15 is 0 Å². The number of rotatable bonds is 7. The van der Waals surface area contributed by atoms with Gasteiger partial charge in [0.25, 0.3) is 5.91 Å². The summed E-state index contributed by atoms with van der Waals surface area (Å²) in [5, 5.41) is 13.6. The predicted octanol–water partition coefficient (Wildman–Crippen LogP) is 1.23. The molecule has 0 saturated heterocycles. The highest BCUT2D eigenvalue weighted by Gasteiger charge is 2.10. The van der Waals surface area contributed by atoms with Crippen molar-refractivity contribution < 1.29 is 19.1 Å². The summed E-state index contributed by atoms with van der Waals surface area (Å²) in [5.74, 6) is -0.980. The summed E-state index contributed by atoms with van der Waals surface area (Å²) in [6.45, 7) is 0.184. The lowest BCUT2D eigenvalue weighted by atomic mass is 10.1. The van der Waals surface area contributed by atoms with Crippen LogP contribution in [0.15, 0.2) is 54.9 Å². The maximum absolute atomic E-state index is 11.7. The lowest BCUT2D eigenvalue weighted by Crippen LogP contribution is -2.30. The van der Waals surface area contributed by atoms with Crippen LogP contribution in [-0.4, -0.2) is 25.0 Å². The van der Waals surface area contributed by atoms with E-state index in [0.717, 1.165) is 12.8 Å². The second kappa shape index (κ2) is 8.53. The molecule has 1 amide bonds. The van der Waals surface area contributed by atoms with Crippen LogP contribution in [0.25, 0.3) is 0 Å². The molecule has 0 atom stereocenters. The van der Waals surface area contributed by atoms with Crippen molar-refractivity contribution in [3.8, 4) is 0 Å². The van der Waals surface area contributed by atoms with Crippen molar-refractivity contribution in [2.75, 3.05) is 13.2 Å². The van der Waals surface area contributed by atoms with Gasteiger partial charge in [-0.2, -0.15) is 4.73 Å². The van der Waals surface area contributed by atoms with E-state index in [1.165, 1.54) is 30.1 Å². The van der Waals surface area contributed by atoms with Gasteiger partial charge < -0.3 is 15.3 Å². The molecule has 1 N–H and O–H groups in total. The topological polar surface area (TPSA) is 82.3 Å². The van der Waals surface area contributed by atoms with Crippen LogP contribution in [0.5, 0.6) is 0 Å². The Morgan fingerprint density at radius 3 is 2.48 bits per heavy atom. The van der Waals surface area contributed by atoms with E-state index in [2.05, 4.69) is 5.32 Å². The zero-order valence-corrected chi connectivity index (χ0v) is 12.6. The normalized spacial score (nSPS) is 10.1. The number of aromatic nitrogens is 1. The SMILES string of the molecule is O=C(COC(=O)c1cc[n+]([O-])cc1)NCCCc1ccccc1. The van der Waals surface area contributed by atoms with Gasteiger partial charge in [0.15, 0.2) is 19.0 Å². The fourth-order valence-corrected chi connectivity index (χ4v) is 1.98. The molecule has 0 bridgehead atoms. The molecule has 2 rings (SSSR count). The van der Waals surface area contributed by atoms with E-state index in [1.54, 1.807) is 0 Å². The van der Waals surface area contributed by atoms with Crippen LogP contribution in [-0.2, 0) is 16.0 Å². The van der Waals surface area contributed by atoms with Crippen LogP contribution in [0, 0.1) is 5.21 Å². The average Bonchev–Trinajstić information content (AvgIpc) is 2.58. The lowest BCUT2D eigenvalue weighted by Gasteiger charge is -2.06. The summed E-state index contributed by atoms with van der Waals surface area (Å²) in [4.78, 5) is 23.3. The minimum Gasteiger partial charge on any atom is -0.619 e. The van der Waals surface area contributed by atoms with Crippen LogP contribution in [0.3, 0.4) is 0 Å². The number of nitrogens with one attached hydrogen (secondary N) is 1. The minimum absolute atomic E-state index is 0.231.